The van der Waals surface area contributed by atoms with Crippen LogP contribution in [0.4, 0.5) is 15.8 Å². The number of nitrogens with zero attached hydrogens (tertiary/aromatic N) is 1. The summed E-state index contributed by atoms with van der Waals surface area (Å²) >= 11 is 0. The molecule has 3 aromatic rings. The van der Waals surface area contributed by atoms with E-state index in [2.05, 4.69) is 10.3 Å². The van der Waals surface area contributed by atoms with Crippen molar-refractivity contribution in [3.05, 3.63) is 89.7 Å². The maximum atomic E-state index is 13.7. The molecule has 5 heteroatoms. The molecule has 0 radical (unpaired) electrons. The van der Waals surface area contributed by atoms with Crippen molar-refractivity contribution in [2.75, 3.05) is 5.32 Å². The second-order valence-corrected chi connectivity index (χ2v) is 5.90. The smallest absolute Gasteiger partial charge is 0.221 e. The molecular weight excluding hydrogens is 343 g/mol. The van der Waals surface area contributed by atoms with Gasteiger partial charge in [0.05, 0.1) is 5.69 Å². The van der Waals surface area contributed by atoms with Gasteiger partial charge in [-0.15, -0.1) is 0 Å². The lowest BCUT2D eigenvalue weighted by Gasteiger charge is -2.09. The molecule has 27 heavy (non-hydrogen) atoms. The number of para-hydroxylation sites is 1. The number of carbonyl (C=O) groups is 1. The first-order valence-corrected chi connectivity index (χ1v) is 8.49. The summed E-state index contributed by atoms with van der Waals surface area (Å²) in [7, 11) is 0. The van der Waals surface area contributed by atoms with Crippen molar-refractivity contribution in [2.24, 2.45) is 4.99 Å². The molecule has 0 heterocycles. The van der Waals surface area contributed by atoms with Gasteiger partial charge in [0, 0.05) is 30.0 Å². The van der Waals surface area contributed by atoms with Gasteiger partial charge in [-0.3, -0.25) is 9.79 Å². The Hall–Kier alpha value is -3.47. The molecule has 0 aromatic heterocycles. The number of ether oxygens (including phenoxy) is 1. The van der Waals surface area contributed by atoms with Crippen LogP contribution in [-0.2, 0) is 11.4 Å². The van der Waals surface area contributed by atoms with Crippen LogP contribution in [0.1, 0.15) is 18.1 Å². The first kappa shape index (κ1) is 18.3. The molecule has 0 aliphatic rings. The van der Waals surface area contributed by atoms with Gasteiger partial charge in [0.2, 0.25) is 5.91 Å². The third-order valence-electron chi connectivity index (χ3n) is 3.80. The zero-order valence-electron chi connectivity index (χ0n) is 14.9. The second-order valence-electron chi connectivity index (χ2n) is 5.90. The van der Waals surface area contributed by atoms with Gasteiger partial charge >= 0.3 is 0 Å². The first-order chi connectivity index (χ1) is 13.1. The summed E-state index contributed by atoms with van der Waals surface area (Å²) in [5.74, 6) is 0.217. The molecule has 0 unspecified atom stereocenters. The highest BCUT2D eigenvalue weighted by atomic mass is 19.1. The van der Waals surface area contributed by atoms with E-state index in [1.54, 1.807) is 36.5 Å². The van der Waals surface area contributed by atoms with E-state index in [9.17, 15) is 9.18 Å². The fraction of sp³-hybridized carbons (Fsp3) is 0.0909. The minimum atomic E-state index is -0.289. The van der Waals surface area contributed by atoms with E-state index >= 15 is 0 Å². The summed E-state index contributed by atoms with van der Waals surface area (Å²) in [5.41, 5.74) is 2.75. The number of rotatable bonds is 6. The zero-order chi connectivity index (χ0) is 19.1. The number of hydrogen-bond acceptors (Lipinski definition) is 3. The van der Waals surface area contributed by atoms with Crippen molar-refractivity contribution >= 4 is 23.5 Å². The topological polar surface area (TPSA) is 50.7 Å². The molecule has 0 bridgehead atoms. The van der Waals surface area contributed by atoms with Gasteiger partial charge in [-0.1, -0.05) is 30.3 Å². The van der Waals surface area contributed by atoms with E-state index < -0.39 is 0 Å². The maximum absolute atomic E-state index is 13.7. The highest BCUT2D eigenvalue weighted by Crippen LogP contribution is 2.21. The Labute approximate surface area is 157 Å². The van der Waals surface area contributed by atoms with Crippen LogP contribution in [0.2, 0.25) is 0 Å². The maximum Gasteiger partial charge on any atom is 0.221 e. The summed E-state index contributed by atoms with van der Waals surface area (Å²) in [6, 6.07) is 21.2. The second kappa shape index (κ2) is 8.76. The molecule has 0 spiro atoms. The summed E-state index contributed by atoms with van der Waals surface area (Å²) < 4.78 is 19.5. The summed E-state index contributed by atoms with van der Waals surface area (Å²) in [5, 5.41) is 2.71. The van der Waals surface area contributed by atoms with Gasteiger partial charge < -0.3 is 10.1 Å². The number of benzene rings is 3. The van der Waals surface area contributed by atoms with Crippen LogP contribution in [0.5, 0.6) is 5.75 Å². The SMILES string of the molecule is CC(=O)Nc1ccc(N=Cc2ccccc2OCc2ccccc2F)cc1. The van der Waals surface area contributed by atoms with Crippen LogP contribution in [0.3, 0.4) is 0 Å². The lowest BCUT2D eigenvalue weighted by atomic mass is 10.2. The Morgan fingerprint density at radius 1 is 1.04 bits per heavy atom. The summed E-state index contributed by atoms with van der Waals surface area (Å²) in [6.07, 6.45) is 1.70. The van der Waals surface area contributed by atoms with E-state index in [1.807, 2.05) is 36.4 Å². The fourth-order valence-corrected chi connectivity index (χ4v) is 2.47. The van der Waals surface area contributed by atoms with Crippen molar-refractivity contribution in [1.29, 1.82) is 0 Å². The van der Waals surface area contributed by atoms with Gasteiger partial charge in [0.25, 0.3) is 0 Å². The van der Waals surface area contributed by atoms with Gasteiger partial charge in [-0.2, -0.15) is 0 Å². The van der Waals surface area contributed by atoms with Crippen molar-refractivity contribution in [2.45, 2.75) is 13.5 Å². The third-order valence-corrected chi connectivity index (χ3v) is 3.80. The van der Waals surface area contributed by atoms with E-state index in [0.717, 1.165) is 16.9 Å². The van der Waals surface area contributed by atoms with E-state index in [-0.39, 0.29) is 18.3 Å². The first-order valence-electron chi connectivity index (χ1n) is 8.49. The lowest BCUT2D eigenvalue weighted by molar-refractivity contribution is -0.114. The van der Waals surface area contributed by atoms with Crippen LogP contribution in [0.15, 0.2) is 77.8 Å². The molecule has 0 aliphatic carbocycles. The molecule has 4 nitrogen and oxygen atoms in total. The highest BCUT2D eigenvalue weighted by molar-refractivity contribution is 5.89. The number of amides is 1. The number of aliphatic imine (C=N–C) groups is 1. The highest BCUT2D eigenvalue weighted by Gasteiger charge is 2.05. The average molecular weight is 362 g/mol. The molecule has 0 fully saturated rings. The lowest BCUT2D eigenvalue weighted by Crippen LogP contribution is -2.04. The average Bonchev–Trinajstić information content (AvgIpc) is 2.67. The molecule has 0 aliphatic heterocycles. The summed E-state index contributed by atoms with van der Waals surface area (Å²) in [6.45, 7) is 1.60. The summed E-state index contributed by atoms with van der Waals surface area (Å²) in [4.78, 5) is 15.5. The van der Waals surface area contributed by atoms with Gasteiger partial charge in [0.1, 0.15) is 18.2 Å². The predicted octanol–water partition coefficient (Wildman–Crippen LogP) is 5.11. The largest absolute Gasteiger partial charge is 0.488 e. The number of nitrogens with one attached hydrogen (secondary N) is 1. The minimum absolute atomic E-state index is 0.118. The molecule has 1 amide bonds. The third kappa shape index (κ3) is 5.25. The van der Waals surface area contributed by atoms with Crippen molar-refractivity contribution in [3.8, 4) is 5.75 Å². The molecule has 136 valence electrons. The van der Waals surface area contributed by atoms with Gasteiger partial charge in [-0.05, 0) is 42.5 Å². The zero-order valence-corrected chi connectivity index (χ0v) is 14.9. The predicted molar refractivity (Wildman–Crippen MR) is 105 cm³/mol. The van der Waals surface area contributed by atoms with Crippen LogP contribution in [-0.4, -0.2) is 12.1 Å². The van der Waals surface area contributed by atoms with Crippen molar-refractivity contribution in [3.63, 3.8) is 0 Å². The quantitative estimate of drug-likeness (QED) is 0.619. The Bertz CT molecular complexity index is 953. The van der Waals surface area contributed by atoms with E-state index in [0.29, 0.717) is 11.3 Å². The molecule has 3 aromatic carbocycles. The van der Waals surface area contributed by atoms with Crippen LogP contribution >= 0.6 is 0 Å². The number of hydrogen-bond donors (Lipinski definition) is 1. The van der Waals surface area contributed by atoms with E-state index in [1.165, 1.54) is 13.0 Å². The van der Waals surface area contributed by atoms with Crippen molar-refractivity contribution < 1.29 is 13.9 Å². The molecular formula is C22H19FN2O2. The molecule has 3 rings (SSSR count). The molecule has 0 atom stereocenters. The molecule has 0 saturated carbocycles. The standard InChI is InChI=1S/C22H19FN2O2/c1-16(26)25-20-12-10-19(11-13-20)24-14-17-6-3-5-9-22(17)27-15-18-7-2-4-8-21(18)23/h2-14H,15H2,1H3,(H,25,26). The molecule has 1 N–H and O–H groups in total. The van der Waals surface area contributed by atoms with Gasteiger partial charge in [0.15, 0.2) is 0 Å². The number of carbonyl (C=O) groups excluding carboxylic acids is 1. The van der Waals surface area contributed by atoms with Gasteiger partial charge in [-0.25, -0.2) is 4.39 Å². The fourth-order valence-electron chi connectivity index (χ4n) is 2.47. The Morgan fingerprint density at radius 3 is 2.48 bits per heavy atom. The normalized spacial score (nSPS) is 10.7. The number of halogens is 1. The Balaban J connectivity index is 1.71. The molecule has 0 saturated heterocycles. The van der Waals surface area contributed by atoms with E-state index in [4.69, 9.17) is 4.74 Å². The number of anilines is 1. The van der Waals surface area contributed by atoms with Crippen LogP contribution in [0, 0.1) is 5.82 Å². The van der Waals surface area contributed by atoms with Crippen molar-refractivity contribution in [1.82, 2.24) is 0 Å². The van der Waals surface area contributed by atoms with Crippen LogP contribution < -0.4 is 10.1 Å². The minimum Gasteiger partial charge on any atom is -0.488 e. The Kier molecular flexibility index (Phi) is 5.94. The Morgan fingerprint density at radius 2 is 1.74 bits per heavy atom. The monoisotopic (exact) mass is 362 g/mol. The van der Waals surface area contributed by atoms with Crippen LogP contribution in [0.25, 0.3) is 0 Å².